The van der Waals surface area contributed by atoms with Crippen molar-refractivity contribution in [1.29, 1.82) is 0 Å². The smallest absolute Gasteiger partial charge is 0.310 e. The van der Waals surface area contributed by atoms with Crippen molar-refractivity contribution in [3.05, 3.63) is 35.5 Å². The summed E-state index contributed by atoms with van der Waals surface area (Å²) < 4.78 is 4.92. The number of hydrogen-bond donors (Lipinski definition) is 2. The number of ether oxygens (including phenoxy) is 1. The molecule has 1 fully saturated rings. The molecule has 2 heterocycles. The number of esters is 1. The zero-order chi connectivity index (χ0) is 18.7. The maximum Gasteiger partial charge on any atom is 0.310 e. The molecular formula is C20H29IN4O2. The molecule has 1 aliphatic heterocycles. The first kappa shape index (κ1) is 21.5. The number of guanidine groups is 1. The number of aromatic amines is 1. The molecule has 2 unspecified atom stereocenters. The van der Waals surface area contributed by atoms with Crippen molar-refractivity contribution in [2.24, 2.45) is 16.8 Å². The number of carbonyl (C=O) groups is 1. The second-order valence-electron chi connectivity index (χ2n) is 7.01. The number of aromatic nitrogens is 1. The molecular weight excluding hydrogens is 455 g/mol. The lowest BCUT2D eigenvalue weighted by molar-refractivity contribution is -0.145. The van der Waals surface area contributed by atoms with Crippen molar-refractivity contribution in [2.75, 3.05) is 33.8 Å². The Kier molecular flexibility index (Phi) is 7.52. The molecule has 0 bridgehead atoms. The Labute approximate surface area is 177 Å². The van der Waals surface area contributed by atoms with Crippen LogP contribution in [0.15, 0.2) is 29.3 Å². The minimum atomic E-state index is -0.134. The summed E-state index contributed by atoms with van der Waals surface area (Å²) in [5.74, 6) is 0.886. The number of nitrogens with one attached hydrogen (secondary N) is 2. The molecule has 1 aromatic carbocycles. The van der Waals surface area contributed by atoms with Crippen LogP contribution >= 0.6 is 24.0 Å². The summed E-state index contributed by atoms with van der Waals surface area (Å²) in [5.41, 5.74) is 3.73. The second kappa shape index (κ2) is 9.43. The van der Waals surface area contributed by atoms with E-state index in [9.17, 15) is 4.79 Å². The van der Waals surface area contributed by atoms with Crippen molar-refractivity contribution in [2.45, 2.75) is 20.3 Å². The van der Waals surface area contributed by atoms with Crippen LogP contribution in [0, 0.1) is 18.8 Å². The van der Waals surface area contributed by atoms with E-state index in [1.54, 1.807) is 7.05 Å². The lowest BCUT2D eigenvalue weighted by atomic mass is 9.99. The van der Waals surface area contributed by atoms with Crippen LogP contribution in [-0.4, -0.2) is 55.6 Å². The normalized spacial score (nSPS) is 19.9. The number of likely N-dealkylation sites (tertiary alicyclic amines) is 1. The van der Waals surface area contributed by atoms with Crippen LogP contribution in [0.2, 0.25) is 0 Å². The first-order chi connectivity index (χ1) is 12.5. The van der Waals surface area contributed by atoms with Gasteiger partial charge in [0.15, 0.2) is 5.96 Å². The monoisotopic (exact) mass is 484 g/mol. The Morgan fingerprint density at radius 2 is 2.11 bits per heavy atom. The van der Waals surface area contributed by atoms with Crippen LogP contribution in [0.3, 0.4) is 0 Å². The number of halogens is 1. The topological polar surface area (TPSA) is 69.7 Å². The molecule has 0 aliphatic carbocycles. The molecule has 1 saturated heterocycles. The predicted octanol–water partition coefficient (Wildman–Crippen LogP) is 2.95. The Balaban J connectivity index is 0.00000261. The van der Waals surface area contributed by atoms with Crippen molar-refractivity contribution >= 4 is 46.8 Å². The number of aliphatic imine (C=N–C) groups is 1. The number of methoxy groups -OCH3 is 1. The Bertz CT molecular complexity index is 817. The molecule has 27 heavy (non-hydrogen) atoms. The van der Waals surface area contributed by atoms with Crippen molar-refractivity contribution < 1.29 is 9.53 Å². The SMILES string of the molecule is CN=C(NCCc1c(C)[nH]c2ccccc12)N1CC(C)C(C(=O)OC)C1.I. The molecule has 1 aromatic heterocycles. The van der Waals surface area contributed by atoms with Gasteiger partial charge >= 0.3 is 5.97 Å². The van der Waals surface area contributed by atoms with Gasteiger partial charge in [0, 0.05) is 43.3 Å². The van der Waals surface area contributed by atoms with Gasteiger partial charge in [-0.2, -0.15) is 0 Å². The van der Waals surface area contributed by atoms with E-state index in [4.69, 9.17) is 4.74 Å². The average molecular weight is 484 g/mol. The zero-order valence-corrected chi connectivity index (χ0v) is 18.7. The van der Waals surface area contributed by atoms with E-state index < -0.39 is 0 Å². The molecule has 7 heteroatoms. The molecule has 3 rings (SSSR count). The quantitative estimate of drug-likeness (QED) is 0.303. The van der Waals surface area contributed by atoms with Crippen LogP contribution in [0.4, 0.5) is 0 Å². The molecule has 6 nitrogen and oxygen atoms in total. The molecule has 0 radical (unpaired) electrons. The molecule has 0 spiro atoms. The number of para-hydroxylation sites is 1. The Morgan fingerprint density at radius 1 is 1.37 bits per heavy atom. The van der Waals surface area contributed by atoms with E-state index in [1.165, 1.54) is 29.3 Å². The van der Waals surface area contributed by atoms with Gasteiger partial charge in [0.05, 0.1) is 13.0 Å². The average Bonchev–Trinajstić information content (AvgIpc) is 3.18. The number of hydrogen-bond acceptors (Lipinski definition) is 3. The first-order valence-corrected chi connectivity index (χ1v) is 9.14. The number of aryl methyl sites for hydroxylation is 1. The highest BCUT2D eigenvalue weighted by Gasteiger charge is 2.36. The predicted molar refractivity (Wildman–Crippen MR) is 120 cm³/mol. The summed E-state index contributed by atoms with van der Waals surface area (Å²) in [6, 6.07) is 8.39. The highest BCUT2D eigenvalue weighted by Crippen LogP contribution is 2.24. The zero-order valence-electron chi connectivity index (χ0n) is 16.4. The van der Waals surface area contributed by atoms with E-state index in [2.05, 4.69) is 58.3 Å². The molecule has 2 atom stereocenters. The molecule has 2 N–H and O–H groups in total. The number of benzene rings is 1. The Morgan fingerprint density at radius 3 is 2.81 bits per heavy atom. The van der Waals surface area contributed by atoms with E-state index in [1.807, 2.05) is 0 Å². The van der Waals surface area contributed by atoms with Crippen LogP contribution in [0.5, 0.6) is 0 Å². The first-order valence-electron chi connectivity index (χ1n) is 9.14. The third kappa shape index (κ3) is 4.56. The summed E-state index contributed by atoms with van der Waals surface area (Å²) in [5, 5.41) is 4.73. The van der Waals surface area contributed by atoms with Gasteiger partial charge in [0.1, 0.15) is 0 Å². The fourth-order valence-corrected chi connectivity index (χ4v) is 3.89. The lowest BCUT2D eigenvalue weighted by Gasteiger charge is -2.21. The van der Waals surface area contributed by atoms with Crippen LogP contribution in [0.25, 0.3) is 10.9 Å². The number of fused-ring (bicyclic) bond motifs is 1. The van der Waals surface area contributed by atoms with Gasteiger partial charge in [-0.3, -0.25) is 9.79 Å². The molecule has 2 aromatic rings. The number of nitrogens with zero attached hydrogens (tertiary/aromatic N) is 2. The van der Waals surface area contributed by atoms with Gasteiger partial charge in [-0.1, -0.05) is 25.1 Å². The maximum atomic E-state index is 11.9. The van der Waals surface area contributed by atoms with Crippen molar-refractivity contribution in [3.8, 4) is 0 Å². The van der Waals surface area contributed by atoms with Gasteiger partial charge in [0.2, 0.25) is 0 Å². The minimum absolute atomic E-state index is 0. The van der Waals surface area contributed by atoms with E-state index in [-0.39, 0.29) is 41.8 Å². The van der Waals surface area contributed by atoms with Crippen LogP contribution < -0.4 is 5.32 Å². The van der Waals surface area contributed by atoms with E-state index in [0.717, 1.165) is 25.5 Å². The third-order valence-corrected chi connectivity index (χ3v) is 5.31. The maximum absolute atomic E-state index is 11.9. The highest BCUT2D eigenvalue weighted by molar-refractivity contribution is 14.0. The Hall–Kier alpha value is -1.77. The summed E-state index contributed by atoms with van der Waals surface area (Å²) >= 11 is 0. The summed E-state index contributed by atoms with van der Waals surface area (Å²) in [7, 11) is 3.24. The summed E-state index contributed by atoms with van der Waals surface area (Å²) in [4.78, 5) is 21.9. The third-order valence-electron chi connectivity index (χ3n) is 5.31. The largest absolute Gasteiger partial charge is 0.469 e. The van der Waals surface area contributed by atoms with E-state index >= 15 is 0 Å². The summed E-state index contributed by atoms with van der Waals surface area (Å²) in [6.07, 6.45) is 0.915. The number of H-pyrrole nitrogens is 1. The minimum Gasteiger partial charge on any atom is -0.469 e. The van der Waals surface area contributed by atoms with Gasteiger partial charge < -0.3 is 19.9 Å². The van der Waals surface area contributed by atoms with Crippen LogP contribution in [0.1, 0.15) is 18.2 Å². The fourth-order valence-electron chi connectivity index (χ4n) is 3.89. The van der Waals surface area contributed by atoms with Crippen molar-refractivity contribution in [1.82, 2.24) is 15.2 Å². The second-order valence-corrected chi connectivity index (χ2v) is 7.01. The molecule has 1 aliphatic rings. The number of rotatable bonds is 4. The lowest BCUT2D eigenvalue weighted by Crippen LogP contribution is -2.41. The van der Waals surface area contributed by atoms with Gasteiger partial charge in [-0.15, -0.1) is 24.0 Å². The van der Waals surface area contributed by atoms with Crippen molar-refractivity contribution in [3.63, 3.8) is 0 Å². The van der Waals surface area contributed by atoms with Crippen LogP contribution in [-0.2, 0) is 16.0 Å². The molecule has 0 amide bonds. The molecule has 148 valence electrons. The van der Waals surface area contributed by atoms with Gasteiger partial charge in [0.25, 0.3) is 0 Å². The van der Waals surface area contributed by atoms with E-state index in [0.29, 0.717) is 6.54 Å². The van der Waals surface area contributed by atoms with Gasteiger partial charge in [-0.25, -0.2) is 0 Å². The molecule has 0 saturated carbocycles. The summed E-state index contributed by atoms with van der Waals surface area (Å²) in [6.45, 7) is 6.46. The van der Waals surface area contributed by atoms with Gasteiger partial charge in [-0.05, 0) is 30.9 Å². The highest BCUT2D eigenvalue weighted by atomic mass is 127. The number of carbonyl (C=O) groups excluding carboxylic acids is 1. The fraction of sp³-hybridized carbons (Fsp3) is 0.500. The standard InChI is InChI=1S/C20H28N4O2.HI/c1-13-11-24(12-17(13)19(25)26-4)20(21-3)22-10-9-15-14(2)23-18-8-6-5-7-16(15)18;/h5-8,13,17,23H,9-12H2,1-4H3,(H,21,22);1H.